The molecule has 0 N–H and O–H groups in total. The number of halogens is 2. The standard InChI is InChI=1S/C20H17ClFNO4/c21-15-9-13(10-19-20(15)27-12-26-19)1-4-18(24)14-2-3-17(16(22)11-14)23-5-7-25-8-6-23/h1-4,9-11H,5-8,12H2/b4-1+. The second-order valence-electron chi connectivity index (χ2n) is 6.20. The zero-order valence-electron chi connectivity index (χ0n) is 14.4. The fraction of sp³-hybridized carbons (Fsp3) is 0.250. The molecule has 5 nitrogen and oxygen atoms in total. The predicted octanol–water partition coefficient (Wildman–Crippen LogP) is 3.94. The number of morpholine rings is 1. The first-order valence-electron chi connectivity index (χ1n) is 8.55. The maximum Gasteiger partial charge on any atom is 0.231 e. The Bertz CT molecular complexity index is 909. The molecule has 2 aromatic rings. The van der Waals surface area contributed by atoms with Crippen molar-refractivity contribution >= 4 is 29.1 Å². The molecule has 140 valence electrons. The van der Waals surface area contributed by atoms with E-state index in [2.05, 4.69) is 0 Å². The smallest absolute Gasteiger partial charge is 0.231 e. The van der Waals surface area contributed by atoms with Crippen LogP contribution >= 0.6 is 11.6 Å². The van der Waals surface area contributed by atoms with E-state index in [0.29, 0.717) is 54.1 Å². The number of hydrogen-bond acceptors (Lipinski definition) is 5. The number of allylic oxidation sites excluding steroid dienone is 1. The summed E-state index contributed by atoms with van der Waals surface area (Å²) in [4.78, 5) is 14.3. The van der Waals surface area contributed by atoms with E-state index in [1.807, 2.05) is 4.90 Å². The van der Waals surface area contributed by atoms with Gasteiger partial charge in [-0.05, 0) is 42.0 Å². The van der Waals surface area contributed by atoms with Gasteiger partial charge < -0.3 is 19.1 Å². The van der Waals surface area contributed by atoms with Crippen LogP contribution in [0.25, 0.3) is 6.08 Å². The summed E-state index contributed by atoms with van der Waals surface area (Å²) in [6, 6.07) is 7.96. The van der Waals surface area contributed by atoms with Crippen molar-refractivity contribution in [3.05, 3.63) is 58.4 Å². The molecule has 2 heterocycles. The fourth-order valence-electron chi connectivity index (χ4n) is 3.07. The molecule has 0 bridgehead atoms. The van der Waals surface area contributed by atoms with E-state index in [9.17, 15) is 9.18 Å². The molecule has 1 saturated heterocycles. The first-order chi connectivity index (χ1) is 13.1. The third-order valence-electron chi connectivity index (χ3n) is 4.46. The lowest BCUT2D eigenvalue weighted by molar-refractivity contribution is 0.104. The van der Waals surface area contributed by atoms with Gasteiger partial charge in [0, 0.05) is 18.7 Å². The van der Waals surface area contributed by atoms with E-state index in [4.69, 9.17) is 25.8 Å². The Morgan fingerprint density at radius 3 is 2.74 bits per heavy atom. The Morgan fingerprint density at radius 2 is 1.96 bits per heavy atom. The van der Waals surface area contributed by atoms with E-state index in [-0.39, 0.29) is 18.1 Å². The first kappa shape index (κ1) is 17.8. The zero-order valence-corrected chi connectivity index (χ0v) is 15.2. The first-order valence-corrected chi connectivity index (χ1v) is 8.93. The Morgan fingerprint density at radius 1 is 1.15 bits per heavy atom. The highest BCUT2D eigenvalue weighted by atomic mass is 35.5. The number of hydrogen-bond donors (Lipinski definition) is 0. The summed E-state index contributed by atoms with van der Waals surface area (Å²) in [5, 5.41) is 0.415. The van der Waals surface area contributed by atoms with Crippen molar-refractivity contribution in [1.29, 1.82) is 0 Å². The Hall–Kier alpha value is -2.57. The van der Waals surface area contributed by atoms with Gasteiger partial charge in [0.25, 0.3) is 0 Å². The average molecular weight is 390 g/mol. The molecule has 0 atom stereocenters. The number of nitrogens with zero attached hydrogens (tertiary/aromatic N) is 1. The summed E-state index contributed by atoms with van der Waals surface area (Å²) < 4.78 is 30.3. The lowest BCUT2D eigenvalue weighted by Gasteiger charge is -2.29. The van der Waals surface area contributed by atoms with Crippen molar-refractivity contribution in [1.82, 2.24) is 0 Å². The molecule has 7 heteroatoms. The minimum absolute atomic E-state index is 0.121. The van der Waals surface area contributed by atoms with Crippen LogP contribution in [-0.2, 0) is 4.74 Å². The number of anilines is 1. The Labute approximate surface area is 160 Å². The summed E-state index contributed by atoms with van der Waals surface area (Å²) in [6.07, 6.45) is 3.00. The van der Waals surface area contributed by atoms with Crippen LogP contribution in [-0.4, -0.2) is 38.9 Å². The van der Waals surface area contributed by atoms with Crippen LogP contribution in [0.3, 0.4) is 0 Å². The average Bonchev–Trinajstić information content (AvgIpc) is 3.16. The molecule has 2 aliphatic heterocycles. The second-order valence-corrected chi connectivity index (χ2v) is 6.61. The number of benzene rings is 2. The molecule has 0 saturated carbocycles. The summed E-state index contributed by atoms with van der Waals surface area (Å²) in [6.45, 7) is 2.53. The molecule has 0 aromatic heterocycles. The number of carbonyl (C=O) groups excluding carboxylic acids is 1. The fourth-order valence-corrected chi connectivity index (χ4v) is 3.35. The maximum atomic E-state index is 14.5. The maximum absolute atomic E-state index is 14.5. The lowest BCUT2D eigenvalue weighted by atomic mass is 10.1. The third kappa shape index (κ3) is 3.77. The molecule has 0 unspecified atom stereocenters. The molecule has 0 aliphatic carbocycles. The van der Waals surface area contributed by atoms with Crippen LogP contribution in [0.1, 0.15) is 15.9 Å². The lowest BCUT2D eigenvalue weighted by Crippen LogP contribution is -2.36. The van der Waals surface area contributed by atoms with E-state index in [1.54, 1.807) is 30.3 Å². The monoisotopic (exact) mass is 389 g/mol. The Kier molecular flexibility index (Phi) is 5.01. The van der Waals surface area contributed by atoms with Crippen LogP contribution in [0.2, 0.25) is 5.02 Å². The van der Waals surface area contributed by atoms with Crippen LogP contribution in [0.15, 0.2) is 36.4 Å². The molecule has 0 amide bonds. The predicted molar refractivity (Wildman–Crippen MR) is 100 cm³/mol. The van der Waals surface area contributed by atoms with Gasteiger partial charge in [0.1, 0.15) is 5.82 Å². The minimum atomic E-state index is -0.415. The second kappa shape index (κ2) is 7.58. The molecule has 2 aromatic carbocycles. The summed E-state index contributed by atoms with van der Waals surface area (Å²) >= 11 is 6.13. The van der Waals surface area contributed by atoms with Gasteiger partial charge in [-0.3, -0.25) is 4.79 Å². The van der Waals surface area contributed by atoms with Crippen LogP contribution in [0.5, 0.6) is 11.5 Å². The van der Waals surface area contributed by atoms with Crippen molar-refractivity contribution in [2.24, 2.45) is 0 Å². The molecule has 0 spiro atoms. The van der Waals surface area contributed by atoms with Crippen LogP contribution in [0, 0.1) is 5.82 Å². The number of ether oxygens (including phenoxy) is 3. The molecule has 2 aliphatic rings. The summed E-state index contributed by atoms with van der Waals surface area (Å²) in [7, 11) is 0. The van der Waals surface area contributed by atoms with Crippen molar-refractivity contribution in [3.8, 4) is 11.5 Å². The van der Waals surface area contributed by atoms with Crippen molar-refractivity contribution in [3.63, 3.8) is 0 Å². The van der Waals surface area contributed by atoms with Gasteiger partial charge in [0.05, 0.1) is 23.9 Å². The van der Waals surface area contributed by atoms with E-state index < -0.39 is 5.82 Å². The molecule has 27 heavy (non-hydrogen) atoms. The number of fused-ring (bicyclic) bond motifs is 1. The van der Waals surface area contributed by atoms with E-state index in [0.717, 1.165) is 0 Å². The topological polar surface area (TPSA) is 48.0 Å². The molecular weight excluding hydrogens is 373 g/mol. The quantitative estimate of drug-likeness (QED) is 0.585. The van der Waals surface area contributed by atoms with E-state index in [1.165, 1.54) is 12.1 Å². The summed E-state index contributed by atoms with van der Waals surface area (Å²) in [5.74, 6) is 0.329. The minimum Gasteiger partial charge on any atom is -0.454 e. The van der Waals surface area contributed by atoms with Gasteiger partial charge in [0.15, 0.2) is 17.3 Å². The highest BCUT2D eigenvalue weighted by Crippen LogP contribution is 2.40. The van der Waals surface area contributed by atoms with E-state index >= 15 is 0 Å². The van der Waals surface area contributed by atoms with Gasteiger partial charge in [0.2, 0.25) is 6.79 Å². The van der Waals surface area contributed by atoms with Gasteiger partial charge in [-0.2, -0.15) is 0 Å². The Balaban J connectivity index is 1.50. The van der Waals surface area contributed by atoms with Crippen LogP contribution in [0.4, 0.5) is 10.1 Å². The molecule has 1 fully saturated rings. The highest BCUT2D eigenvalue weighted by Gasteiger charge is 2.18. The molecule has 0 radical (unpaired) electrons. The SMILES string of the molecule is O=C(/C=C/c1cc(Cl)c2c(c1)OCO2)c1ccc(N2CCOCC2)c(F)c1. The number of rotatable bonds is 4. The van der Waals surface area contributed by atoms with Crippen LogP contribution < -0.4 is 14.4 Å². The van der Waals surface area contributed by atoms with Gasteiger partial charge in [-0.1, -0.05) is 17.7 Å². The van der Waals surface area contributed by atoms with Gasteiger partial charge in [-0.25, -0.2) is 4.39 Å². The zero-order chi connectivity index (χ0) is 18.8. The number of ketones is 1. The summed E-state index contributed by atoms with van der Waals surface area (Å²) in [5.41, 5.74) is 1.47. The van der Waals surface area contributed by atoms with Crippen molar-refractivity contribution < 1.29 is 23.4 Å². The third-order valence-corrected chi connectivity index (χ3v) is 4.74. The van der Waals surface area contributed by atoms with Crippen molar-refractivity contribution in [2.75, 3.05) is 38.0 Å². The van der Waals surface area contributed by atoms with Gasteiger partial charge >= 0.3 is 0 Å². The normalized spacial score (nSPS) is 16.1. The van der Waals surface area contributed by atoms with Gasteiger partial charge in [-0.15, -0.1) is 0 Å². The largest absolute Gasteiger partial charge is 0.454 e. The van der Waals surface area contributed by atoms with Crippen molar-refractivity contribution in [2.45, 2.75) is 0 Å². The highest BCUT2D eigenvalue weighted by molar-refractivity contribution is 6.32. The molecular formula is C20H17ClFNO4. The molecule has 4 rings (SSSR count). The number of carbonyl (C=O) groups is 1.